The Hall–Kier alpha value is -4.01. The molecule has 0 unspecified atom stereocenters. The van der Waals surface area contributed by atoms with Gasteiger partial charge in [-0.25, -0.2) is 8.78 Å². The van der Waals surface area contributed by atoms with Crippen LogP contribution >= 0.6 is 0 Å². The summed E-state index contributed by atoms with van der Waals surface area (Å²) in [6, 6.07) is 7.30. The SMILES string of the molecule is CN1CC[C@@H](Nc2cccc3c2cc(-c2noc(CNC(=O)c4ccn(C(C)(C)CF)n4)n2)n3CC(F)(F)F)[C@@H](F)C1. The third kappa shape index (κ3) is 6.25. The first-order valence-corrected chi connectivity index (χ1v) is 13.4. The van der Waals surface area contributed by atoms with E-state index in [0.29, 0.717) is 24.0 Å². The number of anilines is 1. The Bertz CT molecular complexity index is 1560. The maximum absolute atomic E-state index is 14.7. The van der Waals surface area contributed by atoms with Crippen molar-refractivity contribution in [2.45, 2.75) is 57.3 Å². The predicted molar refractivity (Wildman–Crippen MR) is 144 cm³/mol. The Morgan fingerprint density at radius 1 is 1.21 bits per heavy atom. The highest BCUT2D eigenvalue weighted by molar-refractivity contribution is 5.96. The molecule has 2 N–H and O–H groups in total. The van der Waals surface area contributed by atoms with Crippen LogP contribution in [0, 0.1) is 0 Å². The van der Waals surface area contributed by atoms with Gasteiger partial charge in [0.2, 0.25) is 11.7 Å². The van der Waals surface area contributed by atoms with Gasteiger partial charge >= 0.3 is 6.18 Å². The molecule has 3 aromatic heterocycles. The molecule has 1 fully saturated rings. The Balaban J connectivity index is 1.39. The van der Waals surface area contributed by atoms with Gasteiger partial charge in [0.25, 0.3) is 5.91 Å². The van der Waals surface area contributed by atoms with E-state index in [1.807, 2.05) is 11.9 Å². The minimum Gasteiger partial charge on any atom is -0.379 e. The summed E-state index contributed by atoms with van der Waals surface area (Å²) >= 11 is 0. The first-order chi connectivity index (χ1) is 19.8. The minimum absolute atomic E-state index is 0.0433. The Morgan fingerprint density at radius 3 is 2.71 bits per heavy atom. The lowest BCUT2D eigenvalue weighted by molar-refractivity contribution is -0.139. The Kier molecular flexibility index (Phi) is 7.96. The van der Waals surface area contributed by atoms with E-state index in [4.69, 9.17) is 4.52 Å². The number of carbonyl (C=O) groups is 1. The molecule has 0 aliphatic carbocycles. The zero-order chi connectivity index (χ0) is 30.2. The molecular weight excluding hydrogens is 563 g/mol. The molecule has 1 amide bonds. The summed E-state index contributed by atoms with van der Waals surface area (Å²) in [7, 11) is 1.83. The summed E-state index contributed by atoms with van der Waals surface area (Å²) in [6.07, 6.45) is -3.67. The molecule has 1 saturated heterocycles. The van der Waals surface area contributed by atoms with Crippen LogP contribution in [0.5, 0.6) is 0 Å². The van der Waals surface area contributed by atoms with Crippen molar-refractivity contribution in [3.63, 3.8) is 0 Å². The van der Waals surface area contributed by atoms with Crippen molar-refractivity contribution in [2.75, 3.05) is 32.1 Å². The highest BCUT2D eigenvalue weighted by Gasteiger charge is 2.32. The van der Waals surface area contributed by atoms with Gasteiger partial charge in [0.15, 0.2) is 0 Å². The van der Waals surface area contributed by atoms with Crippen molar-refractivity contribution in [3.05, 3.63) is 48.1 Å². The van der Waals surface area contributed by atoms with E-state index in [0.717, 1.165) is 4.57 Å². The molecule has 15 heteroatoms. The second-order valence-corrected chi connectivity index (χ2v) is 11.1. The van der Waals surface area contributed by atoms with E-state index in [-0.39, 0.29) is 41.7 Å². The number of piperidine rings is 1. The van der Waals surface area contributed by atoms with Gasteiger partial charge in [-0.05, 0) is 51.6 Å². The lowest BCUT2D eigenvalue weighted by Crippen LogP contribution is -2.46. The van der Waals surface area contributed by atoms with Crippen LogP contribution in [0.2, 0.25) is 0 Å². The number of hydrogen-bond donors (Lipinski definition) is 2. The largest absolute Gasteiger partial charge is 0.406 e. The average molecular weight is 595 g/mol. The number of likely N-dealkylation sites (tertiary alicyclic amines) is 1. The molecule has 0 spiro atoms. The van der Waals surface area contributed by atoms with Gasteiger partial charge in [-0.15, -0.1) is 0 Å². The molecule has 1 aliphatic rings. The number of halogens is 5. The number of fused-ring (bicyclic) bond motifs is 1. The zero-order valence-corrected chi connectivity index (χ0v) is 23.3. The normalized spacial score (nSPS) is 18.5. The third-order valence-electron chi connectivity index (χ3n) is 7.23. The molecule has 0 radical (unpaired) electrons. The van der Waals surface area contributed by atoms with E-state index in [1.165, 1.54) is 23.0 Å². The van der Waals surface area contributed by atoms with Crippen LogP contribution < -0.4 is 10.6 Å². The molecule has 0 bridgehead atoms. The van der Waals surface area contributed by atoms with Crippen LogP contribution in [0.3, 0.4) is 0 Å². The van der Waals surface area contributed by atoms with Crippen molar-refractivity contribution >= 4 is 22.5 Å². The third-order valence-corrected chi connectivity index (χ3v) is 7.23. The summed E-state index contributed by atoms with van der Waals surface area (Å²) in [5, 5.41) is 14.2. The summed E-state index contributed by atoms with van der Waals surface area (Å²) in [4.78, 5) is 18.7. The average Bonchev–Trinajstić information content (AvgIpc) is 3.68. The molecule has 42 heavy (non-hydrogen) atoms. The quantitative estimate of drug-likeness (QED) is 0.274. The van der Waals surface area contributed by atoms with Crippen LogP contribution in [0.4, 0.5) is 27.6 Å². The van der Waals surface area contributed by atoms with E-state index in [9.17, 15) is 26.7 Å². The number of nitrogens with zero attached hydrogens (tertiary/aromatic N) is 6. The van der Waals surface area contributed by atoms with Crippen LogP contribution in [0.25, 0.3) is 22.4 Å². The predicted octanol–water partition coefficient (Wildman–Crippen LogP) is 4.54. The molecule has 10 nitrogen and oxygen atoms in total. The molecule has 4 aromatic rings. The van der Waals surface area contributed by atoms with Crippen molar-refractivity contribution in [1.29, 1.82) is 0 Å². The van der Waals surface area contributed by atoms with Crippen LogP contribution in [-0.4, -0.2) is 80.5 Å². The van der Waals surface area contributed by atoms with Gasteiger partial charge in [0.05, 0.1) is 29.3 Å². The number of rotatable bonds is 9. The first kappa shape index (κ1) is 29.5. The number of nitrogens with one attached hydrogen (secondary N) is 2. The molecule has 226 valence electrons. The van der Waals surface area contributed by atoms with E-state index >= 15 is 0 Å². The summed E-state index contributed by atoms with van der Waals surface area (Å²) in [5.41, 5.74) is -0.0717. The van der Waals surface area contributed by atoms with Crippen molar-refractivity contribution in [1.82, 2.24) is 34.7 Å². The van der Waals surface area contributed by atoms with Gasteiger partial charge in [0, 0.05) is 30.4 Å². The van der Waals surface area contributed by atoms with Crippen LogP contribution in [0.1, 0.15) is 36.6 Å². The van der Waals surface area contributed by atoms with Gasteiger partial charge < -0.3 is 24.6 Å². The maximum Gasteiger partial charge on any atom is 0.406 e. The van der Waals surface area contributed by atoms with Gasteiger partial charge in [-0.1, -0.05) is 11.2 Å². The van der Waals surface area contributed by atoms with Crippen LogP contribution in [-0.2, 0) is 18.6 Å². The Labute approximate surface area is 237 Å². The number of benzene rings is 1. The summed E-state index contributed by atoms with van der Waals surface area (Å²) < 4.78 is 76.5. The van der Waals surface area contributed by atoms with Gasteiger partial charge in [0.1, 0.15) is 25.1 Å². The van der Waals surface area contributed by atoms with E-state index < -0.39 is 43.1 Å². The smallest absolute Gasteiger partial charge is 0.379 e. The highest BCUT2D eigenvalue weighted by Crippen LogP contribution is 2.35. The fourth-order valence-corrected chi connectivity index (χ4v) is 4.88. The second kappa shape index (κ2) is 11.3. The van der Waals surface area contributed by atoms with Crippen molar-refractivity contribution in [3.8, 4) is 11.5 Å². The Morgan fingerprint density at radius 2 is 2.00 bits per heavy atom. The maximum atomic E-state index is 14.7. The van der Waals surface area contributed by atoms with Crippen LogP contribution in [0.15, 0.2) is 41.1 Å². The molecular formula is C27H31F5N8O2. The summed E-state index contributed by atoms with van der Waals surface area (Å²) in [5.74, 6) is -0.733. The number of alkyl halides is 5. The van der Waals surface area contributed by atoms with Crippen molar-refractivity contribution in [2.24, 2.45) is 0 Å². The van der Waals surface area contributed by atoms with Gasteiger partial charge in [-0.3, -0.25) is 9.48 Å². The van der Waals surface area contributed by atoms with E-state index in [2.05, 4.69) is 25.9 Å². The monoisotopic (exact) mass is 594 g/mol. The number of hydrogen-bond acceptors (Lipinski definition) is 7. The fourth-order valence-electron chi connectivity index (χ4n) is 4.88. The lowest BCUT2D eigenvalue weighted by Gasteiger charge is -2.33. The van der Waals surface area contributed by atoms with Gasteiger partial charge in [-0.2, -0.15) is 23.3 Å². The molecule has 2 atom stereocenters. The molecule has 1 aromatic carbocycles. The lowest BCUT2D eigenvalue weighted by atomic mass is 10.0. The topological polar surface area (TPSA) is 106 Å². The molecule has 5 rings (SSSR count). The number of carbonyl (C=O) groups excluding carboxylic acids is 1. The zero-order valence-electron chi connectivity index (χ0n) is 23.3. The summed E-state index contributed by atoms with van der Waals surface area (Å²) in [6.45, 7) is 2.00. The number of aromatic nitrogens is 5. The second-order valence-electron chi connectivity index (χ2n) is 11.1. The molecule has 1 aliphatic heterocycles. The standard InChI is InChI=1S/C27H31F5N8O2/c1-26(2,14-28)40-10-8-20(36-40)25(41)33-12-23-35-24(37-42-23)22-11-16-18(34-19-7-9-38(3)13-17(19)29)5-4-6-21(16)39(22)15-27(30,31)32/h4-6,8,10-11,17,19,34H,7,9,12-15H2,1-3H3,(H,33,41)/t17-,19+/m0/s1. The minimum atomic E-state index is -4.55. The van der Waals surface area contributed by atoms with E-state index in [1.54, 1.807) is 32.0 Å². The molecule has 0 saturated carbocycles. The first-order valence-electron chi connectivity index (χ1n) is 13.4. The fraction of sp³-hybridized carbons (Fsp3) is 0.481. The highest BCUT2D eigenvalue weighted by atomic mass is 19.4. The molecule has 4 heterocycles. The van der Waals surface area contributed by atoms with Crippen molar-refractivity contribution < 1.29 is 31.3 Å². The number of amides is 1.